The number of hydrogen-bond donors (Lipinski definition) is 3. The Morgan fingerprint density at radius 1 is 1.59 bits per heavy atom. The van der Waals surface area contributed by atoms with Crippen LogP contribution < -0.4 is 11.1 Å². The second kappa shape index (κ2) is 7.71. The summed E-state index contributed by atoms with van der Waals surface area (Å²) in [5, 5.41) is 18.5. The molecule has 4 N–H and O–H groups in total. The Morgan fingerprint density at radius 3 is 3.12 bits per heavy atom. The molecule has 1 rings (SSSR count). The van der Waals surface area contributed by atoms with E-state index in [2.05, 4.69) is 15.6 Å². The van der Waals surface area contributed by atoms with Gasteiger partial charge in [-0.1, -0.05) is 5.21 Å². The largest absolute Gasteiger partial charge is 0.394 e. The molecule has 0 atom stereocenters. The summed E-state index contributed by atoms with van der Waals surface area (Å²) in [6.45, 7) is 1.93. The van der Waals surface area contributed by atoms with Crippen molar-refractivity contribution in [3.05, 3.63) is 11.9 Å². The van der Waals surface area contributed by atoms with Crippen LogP contribution in [-0.2, 0) is 11.3 Å². The number of aliphatic hydroxyl groups excluding tert-OH is 1. The fourth-order valence-corrected chi connectivity index (χ4v) is 1.14. The van der Waals surface area contributed by atoms with Crippen LogP contribution in [0.3, 0.4) is 0 Å². The lowest BCUT2D eigenvalue weighted by Crippen LogP contribution is -2.27. The maximum absolute atomic E-state index is 11.5. The molecule has 1 aromatic rings. The highest BCUT2D eigenvalue weighted by molar-refractivity contribution is 5.91. The summed E-state index contributed by atoms with van der Waals surface area (Å²) in [6, 6.07) is 0. The van der Waals surface area contributed by atoms with Crippen molar-refractivity contribution >= 4 is 5.91 Å². The minimum Gasteiger partial charge on any atom is -0.394 e. The summed E-state index contributed by atoms with van der Waals surface area (Å²) in [6.07, 6.45) is 1.54. The molecule has 0 saturated heterocycles. The van der Waals surface area contributed by atoms with Gasteiger partial charge in [-0.05, 0) is 0 Å². The molecule has 0 bridgehead atoms. The van der Waals surface area contributed by atoms with E-state index in [1.807, 2.05) is 0 Å². The molecule has 8 heteroatoms. The van der Waals surface area contributed by atoms with Gasteiger partial charge in [-0.15, -0.1) is 5.10 Å². The highest BCUT2D eigenvalue weighted by atomic mass is 16.5. The molecular weight excluding hydrogens is 226 g/mol. The second-order valence-electron chi connectivity index (χ2n) is 3.25. The van der Waals surface area contributed by atoms with Gasteiger partial charge in [-0.2, -0.15) is 0 Å². The zero-order chi connectivity index (χ0) is 12.5. The van der Waals surface area contributed by atoms with Gasteiger partial charge in [0.05, 0.1) is 32.6 Å². The topological polar surface area (TPSA) is 115 Å². The summed E-state index contributed by atoms with van der Waals surface area (Å²) in [4.78, 5) is 11.5. The van der Waals surface area contributed by atoms with Gasteiger partial charge < -0.3 is 20.9 Å². The average Bonchev–Trinajstić information content (AvgIpc) is 2.78. The van der Waals surface area contributed by atoms with E-state index in [0.29, 0.717) is 26.2 Å². The van der Waals surface area contributed by atoms with E-state index in [9.17, 15) is 4.79 Å². The van der Waals surface area contributed by atoms with Crippen LogP contribution in [0.4, 0.5) is 0 Å². The number of ether oxygens (including phenoxy) is 1. The molecule has 1 heterocycles. The number of amides is 1. The Labute approximate surface area is 98.7 Å². The Balaban J connectivity index is 2.26. The number of aliphatic hydroxyl groups is 1. The van der Waals surface area contributed by atoms with E-state index in [0.717, 1.165) is 0 Å². The van der Waals surface area contributed by atoms with Gasteiger partial charge in [-0.3, -0.25) is 9.48 Å². The van der Waals surface area contributed by atoms with Gasteiger partial charge in [0.15, 0.2) is 5.69 Å². The zero-order valence-corrected chi connectivity index (χ0v) is 9.50. The van der Waals surface area contributed by atoms with Crippen LogP contribution in [0.2, 0.25) is 0 Å². The van der Waals surface area contributed by atoms with Gasteiger partial charge in [0.25, 0.3) is 5.91 Å². The summed E-state index contributed by atoms with van der Waals surface area (Å²) < 4.78 is 6.50. The zero-order valence-electron chi connectivity index (χ0n) is 9.50. The quantitative estimate of drug-likeness (QED) is 0.454. The van der Waals surface area contributed by atoms with E-state index in [4.69, 9.17) is 15.6 Å². The lowest BCUT2D eigenvalue weighted by molar-refractivity contribution is 0.0835. The van der Waals surface area contributed by atoms with E-state index >= 15 is 0 Å². The van der Waals surface area contributed by atoms with Crippen molar-refractivity contribution in [3.63, 3.8) is 0 Å². The van der Waals surface area contributed by atoms with Crippen LogP contribution in [0.5, 0.6) is 0 Å². The number of nitrogens with two attached hydrogens (primary N) is 1. The fraction of sp³-hybridized carbons (Fsp3) is 0.667. The van der Waals surface area contributed by atoms with Crippen LogP contribution in [0.1, 0.15) is 10.5 Å². The van der Waals surface area contributed by atoms with Crippen molar-refractivity contribution in [2.75, 3.05) is 32.9 Å². The van der Waals surface area contributed by atoms with Crippen molar-refractivity contribution in [2.24, 2.45) is 5.73 Å². The van der Waals surface area contributed by atoms with Crippen LogP contribution in [0.25, 0.3) is 0 Å². The van der Waals surface area contributed by atoms with Gasteiger partial charge in [0.2, 0.25) is 0 Å². The first-order valence-electron chi connectivity index (χ1n) is 5.35. The molecule has 8 nitrogen and oxygen atoms in total. The van der Waals surface area contributed by atoms with E-state index in [1.54, 1.807) is 0 Å². The molecule has 0 aliphatic heterocycles. The Hall–Kier alpha value is -1.51. The van der Waals surface area contributed by atoms with Crippen molar-refractivity contribution in [3.8, 4) is 0 Å². The molecule has 0 aromatic carbocycles. The van der Waals surface area contributed by atoms with E-state index in [-0.39, 0.29) is 24.8 Å². The molecule has 96 valence electrons. The first kappa shape index (κ1) is 13.6. The molecule has 0 saturated carbocycles. The third-order valence-corrected chi connectivity index (χ3v) is 1.90. The lowest BCUT2D eigenvalue weighted by Gasteiger charge is -2.03. The lowest BCUT2D eigenvalue weighted by atomic mass is 10.4. The van der Waals surface area contributed by atoms with Crippen LogP contribution in [0.15, 0.2) is 6.20 Å². The van der Waals surface area contributed by atoms with Crippen molar-refractivity contribution in [1.29, 1.82) is 0 Å². The minimum absolute atomic E-state index is 0.0264. The summed E-state index contributed by atoms with van der Waals surface area (Å²) >= 11 is 0. The van der Waals surface area contributed by atoms with Crippen molar-refractivity contribution in [1.82, 2.24) is 20.3 Å². The maximum atomic E-state index is 11.5. The molecule has 0 unspecified atom stereocenters. The smallest absolute Gasteiger partial charge is 0.273 e. The SMILES string of the molecule is NCCn1cc(C(=O)NCCOCCO)nn1. The fourth-order valence-electron chi connectivity index (χ4n) is 1.14. The number of aromatic nitrogens is 3. The molecule has 0 fully saturated rings. The summed E-state index contributed by atoms with van der Waals surface area (Å²) in [5.41, 5.74) is 5.60. The number of rotatable bonds is 8. The predicted molar refractivity (Wildman–Crippen MR) is 59.3 cm³/mol. The third kappa shape index (κ3) is 4.89. The standard InChI is InChI=1S/C9H17N5O3/c10-1-3-14-7-8(12-13-14)9(16)11-2-5-17-6-4-15/h7,15H,1-6,10H2,(H,11,16). The number of carbonyl (C=O) groups excluding carboxylic acids is 1. The van der Waals surface area contributed by atoms with Gasteiger partial charge in [-0.25, -0.2) is 0 Å². The monoisotopic (exact) mass is 243 g/mol. The molecule has 1 amide bonds. The summed E-state index contributed by atoms with van der Waals surface area (Å²) in [7, 11) is 0. The number of hydrogen-bond acceptors (Lipinski definition) is 6. The predicted octanol–water partition coefficient (Wildman–Crippen LogP) is -2.02. The van der Waals surface area contributed by atoms with Gasteiger partial charge in [0.1, 0.15) is 0 Å². The van der Waals surface area contributed by atoms with Gasteiger partial charge in [0, 0.05) is 13.1 Å². The molecule has 0 aliphatic rings. The van der Waals surface area contributed by atoms with E-state index < -0.39 is 0 Å². The second-order valence-corrected chi connectivity index (χ2v) is 3.25. The Bertz CT molecular complexity index is 341. The van der Waals surface area contributed by atoms with Crippen molar-refractivity contribution < 1.29 is 14.6 Å². The highest BCUT2D eigenvalue weighted by Gasteiger charge is 2.09. The Morgan fingerprint density at radius 2 is 2.41 bits per heavy atom. The molecule has 17 heavy (non-hydrogen) atoms. The first-order valence-corrected chi connectivity index (χ1v) is 5.35. The molecular formula is C9H17N5O3. The average molecular weight is 243 g/mol. The number of nitrogens with zero attached hydrogens (tertiary/aromatic N) is 3. The first-order chi connectivity index (χ1) is 8.27. The third-order valence-electron chi connectivity index (χ3n) is 1.90. The van der Waals surface area contributed by atoms with Crippen molar-refractivity contribution in [2.45, 2.75) is 6.54 Å². The van der Waals surface area contributed by atoms with Gasteiger partial charge >= 0.3 is 0 Å². The Kier molecular flexibility index (Phi) is 6.15. The van der Waals surface area contributed by atoms with Crippen LogP contribution in [-0.4, -0.2) is 58.9 Å². The number of carbonyl (C=O) groups is 1. The van der Waals surface area contributed by atoms with Crippen LogP contribution in [0, 0.1) is 0 Å². The normalized spacial score (nSPS) is 10.5. The minimum atomic E-state index is -0.305. The van der Waals surface area contributed by atoms with Crippen LogP contribution >= 0.6 is 0 Å². The number of nitrogens with one attached hydrogen (secondary N) is 1. The molecule has 0 radical (unpaired) electrons. The molecule has 0 aliphatic carbocycles. The summed E-state index contributed by atoms with van der Waals surface area (Å²) in [5.74, 6) is -0.305. The highest BCUT2D eigenvalue weighted by Crippen LogP contribution is 1.92. The molecule has 0 spiro atoms. The van der Waals surface area contributed by atoms with E-state index in [1.165, 1.54) is 10.9 Å². The molecule has 1 aromatic heterocycles. The maximum Gasteiger partial charge on any atom is 0.273 e.